The van der Waals surface area contributed by atoms with Crippen LogP contribution in [0.4, 0.5) is 24.8 Å². The number of aromatic nitrogens is 1. The second kappa shape index (κ2) is 5.27. The molecule has 1 saturated heterocycles. The van der Waals surface area contributed by atoms with E-state index in [1.54, 1.807) is 7.05 Å². The number of nitrogens with one attached hydrogen (secondary N) is 1. The molecule has 1 aliphatic heterocycles. The number of alkyl halides is 3. The highest BCUT2D eigenvalue weighted by Crippen LogP contribution is 2.34. The Labute approximate surface area is 110 Å². The molecule has 1 aliphatic rings. The number of rotatable bonds is 2. The summed E-state index contributed by atoms with van der Waals surface area (Å²) >= 11 is 0. The number of hydrogen-bond acceptors (Lipinski definition) is 3. The summed E-state index contributed by atoms with van der Waals surface area (Å²) in [4.78, 5) is 6.21. The second-order valence-corrected chi connectivity index (χ2v) is 4.89. The largest absolute Gasteiger partial charge is 0.416 e. The second-order valence-electron chi connectivity index (χ2n) is 4.89. The first-order valence-corrected chi connectivity index (χ1v) is 6.45. The fraction of sp³-hybridized carbons (Fsp3) is 0.615. The molecule has 1 aromatic rings. The van der Waals surface area contributed by atoms with Crippen molar-refractivity contribution in [3.05, 3.63) is 17.7 Å². The minimum atomic E-state index is -4.34. The van der Waals surface area contributed by atoms with E-state index in [2.05, 4.69) is 10.3 Å². The lowest BCUT2D eigenvalue weighted by atomic mass is 10.0. The molecule has 1 atom stereocenters. The Bertz CT molecular complexity index is 445. The van der Waals surface area contributed by atoms with Gasteiger partial charge in [0.25, 0.3) is 0 Å². The maximum absolute atomic E-state index is 12.9. The van der Waals surface area contributed by atoms with E-state index < -0.39 is 11.7 Å². The molecule has 0 aliphatic carbocycles. The number of hydrogen-bond donors (Lipinski definition) is 1. The molecule has 1 aromatic heterocycles. The molecule has 2 rings (SSSR count). The van der Waals surface area contributed by atoms with Crippen molar-refractivity contribution in [1.29, 1.82) is 0 Å². The van der Waals surface area contributed by atoms with Gasteiger partial charge in [0.05, 0.1) is 5.56 Å². The van der Waals surface area contributed by atoms with Crippen molar-refractivity contribution in [2.45, 2.75) is 38.4 Å². The molecule has 1 N–H and O–H groups in total. The number of nitrogens with zero attached hydrogens (tertiary/aromatic N) is 2. The van der Waals surface area contributed by atoms with Crippen LogP contribution in [0.2, 0.25) is 0 Å². The summed E-state index contributed by atoms with van der Waals surface area (Å²) < 4.78 is 38.6. The van der Waals surface area contributed by atoms with Crippen molar-refractivity contribution in [2.24, 2.45) is 0 Å². The first kappa shape index (κ1) is 14.0. The van der Waals surface area contributed by atoms with Gasteiger partial charge in [0.2, 0.25) is 0 Å². The third kappa shape index (κ3) is 3.11. The Morgan fingerprint density at radius 1 is 1.32 bits per heavy atom. The van der Waals surface area contributed by atoms with Gasteiger partial charge in [0, 0.05) is 19.6 Å². The van der Waals surface area contributed by atoms with Crippen molar-refractivity contribution in [1.82, 2.24) is 4.98 Å². The summed E-state index contributed by atoms with van der Waals surface area (Å²) in [5, 5.41) is 2.70. The van der Waals surface area contributed by atoms with Gasteiger partial charge in [-0.15, -0.1) is 0 Å². The molecular formula is C13H18F3N3. The van der Waals surface area contributed by atoms with Crippen LogP contribution < -0.4 is 10.2 Å². The molecule has 1 unspecified atom stereocenters. The maximum Gasteiger partial charge on any atom is 0.416 e. The van der Waals surface area contributed by atoms with Crippen LogP contribution in [-0.4, -0.2) is 24.6 Å². The number of anilines is 2. The van der Waals surface area contributed by atoms with Gasteiger partial charge in [0.1, 0.15) is 11.6 Å². The third-order valence-corrected chi connectivity index (χ3v) is 3.49. The summed E-state index contributed by atoms with van der Waals surface area (Å²) in [5.74, 6) is 0.661. The van der Waals surface area contributed by atoms with Crippen LogP contribution in [0.3, 0.4) is 0 Å². The Hall–Kier alpha value is -1.46. The van der Waals surface area contributed by atoms with Gasteiger partial charge < -0.3 is 10.2 Å². The van der Waals surface area contributed by atoms with Gasteiger partial charge in [-0.2, -0.15) is 13.2 Å². The van der Waals surface area contributed by atoms with Gasteiger partial charge in [-0.05, 0) is 38.3 Å². The van der Waals surface area contributed by atoms with Crippen molar-refractivity contribution < 1.29 is 13.2 Å². The summed E-state index contributed by atoms with van der Waals surface area (Å²) in [6.45, 7) is 2.79. The first-order chi connectivity index (χ1) is 8.91. The summed E-state index contributed by atoms with van der Waals surface area (Å²) in [5.41, 5.74) is -0.653. The summed E-state index contributed by atoms with van der Waals surface area (Å²) in [6, 6.07) is 2.41. The van der Waals surface area contributed by atoms with Gasteiger partial charge in [0.15, 0.2) is 0 Å². The van der Waals surface area contributed by atoms with E-state index >= 15 is 0 Å². The number of pyridine rings is 1. The Balaban J connectivity index is 2.39. The number of piperidine rings is 1. The molecule has 0 bridgehead atoms. The Morgan fingerprint density at radius 2 is 2.05 bits per heavy atom. The van der Waals surface area contributed by atoms with Gasteiger partial charge in [-0.3, -0.25) is 0 Å². The maximum atomic E-state index is 12.9. The van der Waals surface area contributed by atoms with Crippen molar-refractivity contribution in [2.75, 3.05) is 23.8 Å². The van der Waals surface area contributed by atoms with E-state index in [1.807, 2.05) is 11.8 Å². The Kier molecular flexibility index (Phi) is 3.87. The molecule has 0 radical (unpaired) electrons. The minimum Gasteiger partial charge on any atom is -0.373 e. The van der Waals surface area contributed by atoms with Gasteiger partial charge in [-0.25, -0.2) is 4.98 Å². The van der Waals surface area contributed by atoms with E-state index in [4.69, 9.17) is 0 Å². The zero-order chi connectivity index (χ0) is 14.0. The SMILES string of the molecule is CNc1cc(C(F)(F)F)cc(N2CCCCC2C)n1. The lowest BCUT2D eigenvalue weighted by Gasteiger charge is -2.34. The average Bonchev–Trinajstić information content (AvgIpc) is 2.37. The smallest absolute Gasteiger partial charge is 0.373 e. The quantitative estimate of drug-likeness (QED) is 0.893. The molecule has 3 nitrogen and oxygen atoms in total. The molecule has 19 heavy (non-hydrogen) atoms. The van der Waals surface area contributed by atoms with E-state index in [0.29, 0.717) is 5.82 Å². The molecule has 1 fully saturated rings. The molecule has 0 amide bonds. The van der Waals surface area contributed by atoms with E-state index in [1.165, 1.54) is 0 Å². The highest BCUT2D eigenvalue weighted by Gasteiger charge is 2.32. The molecular weight excluding hydrogens is 255 g/mol. The van der Waals surface area contributed by atoms with Crippen LogP contribution in [0, 0.1) is 0 Å². The molecule has 0 spiro atoms. The van der Waals surface area contributed by atoms with E-state index in [0.717, 1.165) is 37.9 Å². The lowest BCUT2D eigenvalue weighted by molar-refractivity contribution is -0.137. The molecule has 6 heteroatoms. The lowest BCUT2D eigenvalue weighted by Crippen LogP contribution is -2.38. The Morgan fingerprint density at radius 3 is 2.63 bits per heavy atom. The fourth-order valence-corrected chi connectivity index (χ4v) is 2.39. The zero-order valence-electron chi connectivity index (χ0n) is 11.1. The number of halogens is 3. The van der Waals surface area contributed by atoms with Crippen LogP contribution in [0.15, 0.2) is 12.1 Å². The third-order valence-electron chi connectivity index (χ3n) is 3.49. The average molecular weight is 273 g/mol. The highest BCUT2D eigenvalue weighted by molar-refractivity contribution is 5.51. The molecule has 106 valence electrons. The monoisotopic (exact) mass is 273 g/mol. The molecule has 2 heterocycles. The van der Waals surface area contributed by atoms with E-state index in [9.17, 15) is 13.2 Å². The van der Waals surface area contributed by atoms with Crippen LogP contribution in [0.25, 0.3) is 0 Å². The van der Waals surface area contributed by atoms with Gasteiger partial charge >= 0.3 is 6.18 Å². The van der Waals surface area contributed by atoms with Crippen molar-refractivity contribution in [3.8, 4) is 0 Å². The molecule has 0 saturated carbocycles. The van der Waals surface area contributed by atoms with Crippen LogP contribution in [0.5, 0.6) is 0 Å². The van der Waals surface area contributed by atoms with Gasteiger partial charge in [-0.1, -0.05) is 0 Å². The first-order valence-electron chi connectivity index (χ1n) is 6.45. The summed E-state index contributed by atoms with van der Waals surface area (Å²) in [7, 11) is 1.58. The van der Waals surface area contributed by atoms with Crippen LogP contribution >= 0.6 is 0 Å². The fourth-order valence-electron chi connectivity index (χ4n) is 2.39. The minimum absolute atomic E-state index is 0.231. The summed E-state index contributed by atoms with van der Waals surface area (Å²) in [6.07, 6.45) is -1.23. The van der Waals surface area contributed by atoms with Crippen molar-refractivity contribution >= 4 is 11.6 Å². The highest BCUT2D eigenvalue weighted by atomic mass is 19.4. The molecule has 0 aromatic carbocycles. The van der Waals surface area contributed by atoms with E-state index in [-0.39, 0.29) is 11.9 Å². The topological polar surface area (TPSA) is 28.2 Å². The zero-order valence-corrected chi connectivity index (χ0v) is 11.1. The predicted molar refractivity (Wildman–Crippen MR) is 69.4 cm³/mol. The van der Waals surface area contributed by atoms with Crippen molar-refractivity contribution in [3.63, 3.8) is 0 Å². The standard InChI is InChI=1S/C13H18F3N3/c1-9-5-3-4-6-19(9)12-8-10(13(14,15)16)7-11(17-2)18-12/h7-9H,3-6H2,1-2H3,(H,17,18). The predicted octanol–water partition coefficient (Wildman–Crippen LogP) is 3.52. The van der Waals surface area contributed by atoms with Crippen LogP contribution in [0.1, 0.15) is 31.7 Å². The van der Waals surface area contributed by atoms with Crippen LogP contribution in [-0.2, 0) is 6.18 Å². The normalized spacial score (nSPS) is 20.5.